The van der Waals surface area contributed by atoms with Gasteiger partial charge < -0.3 is 14.4 Å². The summed E-state index contributed by atoms with van der Waals surface area (Å²) in [6.07, 6.45) is 0. The molecule has 4 nitrogen and oxygen atoms in total. The van der Waals surface area contributed by atoms with Crippen molar-refractivity contribution in [2.24, 2.45) is 0 Å². The number of carbonyl (C=O) groups is 1. The van der Waals surface area contributed by atoms with Crippen LogP contribution in [-0.2, 0) is 0 Å². The van der Waals surface area contributed by atoms with Gasteiger partial charge in [-0.25, -0.2) is 0 Å². The Morgan fingerprint density at radius 1 is 1.32 bits per heavy atom. The molecule has 0 spiro atoms. The summed E-state index contributed by atoms with van der Waals surface area (Å²) in [5.74, 6) is 1.04. The molecule has 1 heterocycles. The van der Waals surface area contributed by atoms with Crippen LogP contribution in [-0.4, -0.2) is 59.3 Å². The van der Waals surface area contributed by atoms with Crippen molar-refractivity contribution >= 4 is 29.3 Å². The van der Waals surface area contributed by atoms with Gasteiger partial charge in [0.2, 0.25) is 6.79 Å². The first-order valence-electron chi connectivity index (χ1n) is 5.84. The van der Waals surface area contributed by atoms with Gasteiger partial charge >= 0.3 is 0 Å². The molecule has 0 saturated heterocycles. The molecule has 1 aliphatic rings. The van der Waals surface area contributed by atoms with Gasteiger partial charge in [-0.3, -0.25) is 4.79 Å². The van der Waals surface area contributed by atoms with Crippen LogP contribution in [0.3, 0.4) is 0 Å². The van der Waals surface area contributed by atoms with Crippen molar-refractivity contribution in [3.05, 3.63) is 23.8 Å². The predicted octanol–water partition coefficient (Wildman–Crippen LogP) is 0.0351. The van der Waals surface area contributed by atoms with Crippen LogP contribution in [0, 0.1) is 0 Å². The summed E-state index contributed by atoms with van der Waals surface area (Å²) < 4.78 is 10.4. The summed E-state index contributed by atoms with van der Waals surface area (Å²) in [4.78, 5) is 13.7. The van der Waals surface area contributed by atoms with Gasteiger partial charge in [0.25, 0.3) is 0 Å². The van der Waals surface area contributed by atoms with E-state index in [2.05, 4.69) is 0 Å². The first kappa shape index (κ1) is 14.1. The summed E-state index contributed by atoms with van der Waals surface area (Å²) in [7, 11) is 18.3. The van der Waals surface area contributed by atoms with Gasteiger partial charge in [-0.05, 0) is 32.2 Å². The maximum absolute atomic E-state index is 12.3. The third-order valence-corrected chi connectivity index (χ3v) is 3.23. The zero-order valence-corrected chi connectivity index (χ0v) is 10.9. The molecule has 92 valence electrons. The number of Topliss-reactive ketones (excluding diaryl/α,β-unsaturated/α-hetero) is 1. The smallest absolute Gasteiger partial charge is 0.231 e. The SMILES string of the molecule is [B]C([B])([B])N(C)C(C)C(=O)c1ccc2c(c1)OCO2. The van der Waals surface area contributed by atoms with E-state index >= 15 is 0 Å². The number of fused-ring (bicyclic) bond motifs is 1. The number of ketones is 1. The Morgan fingerprint density at radius 3 is 2.58 bits per heavy atom. The Labute approximate surface area is 116 Å². The van der Waals surface area contributed by atoms with Crippen LogP contribution in [0.25, 0.3) is 0 Å². The fourth-order valence-corrected chi connectivity index (χ4v) is 1.80. The molecule has 0 fully saturated rings. The van der Waals surface area contributed by atoms with Crippen molar-refractivity contribution in [2.75, 3.05) is 13.8 Å². The number of carbonyl (C=O) groups excluding carboxylic acids is 1. The molecule has 1 unspecified atom stereocenters. The molecule has 0 saturated carbocycles. The molecule has 0 N–H and O–H groups in total. The highest BCUT2D eigenvalue weighted by molar-refractivity contribution is 6.59. The average molecular weight is 251 g/mol. The van der Waals surface area contributed by atoms with E-state index in [9.17, 15) is 4.79 Å². The van der Waals surface area contributed by atoms with Crippen molar-refractivity contribution in [3.63, 3.8) is 0 Å². The molecule has 2 rings (SSSR count). The van der Waals surface area contributed by atoms with Gasteiger partial charge in [0.15, 0.2) is 17.3 Å². The molecular formula is C12H12B3NO3. The third kappa shape index (κ3) is 2.81. The van der Waals surface area contributed by atoms with Crippen LogP contribution in [0.4, 0.5) is 0 Å². The van der Waals surface area contributed by atoms with Crippen molar-refractivity contribution in [2.45, 2.75) is 18.2 Å². The monoisotopic (exact) mass is 251 g/mol. The summed E-state index contributed by atoms with van der Waals surface area (Å²) in [5, 5.41) is -1.55. The Hall–Kier alpha value is -1.36. The van der Waals surface area contributed by atoms with E-state index in [-0.39, 0.29) is 12.6 Å². The summed E-state index contributed by atoms with van der Waals surface area (Å²) in [5.41, 5.74) is 0.493. The second kappa shape index (κ2) is 4.97. The molecule has 1 atom stereocenters. The normalized spacial score (nSPS) is 15.5. The Kier molecular flexibility index (Phi) is 3.67. The first-order chi connectivity index (χ1) is 8.80. The molecule has 1 aromatic rings. The topological polar surface area (TPSA) is 38.8 Å². The summed E-state index contributed by atoms with van der Waals surface area (Å²) >= 11 is 0. The van der Waals surface area contributed by atoms with E-state index < -0.39 is 11.3 Å². The van der Waals surface area contributed by atoms with Crippen molar-refractivity contribution in [3.8, 4) is 11.5 Å². The van der Waals surface area contributed by atoms with E-state index in [1.807, 2.05) is 0 Å². The number of hydrogen-bond donors (Lipinski definition) is 0. The highest BCUT2D eigenvalue weighted by atomic mass is 16.7. The lowest BCUT2D eigenvalue weighted by molar-refractivity contribution is 0.0865. The fourth-order valence-electron chi connectivity index (χ4n) is 1.80. The molecule has 1 aliphatic heterocycles. The molecule has 0 amide bonds. The predicted molar refractivity (Wildman–Crippen MR) is 74.1 cm³/mol. The Bertz CT molecular complexity index is 501. The molecule has 0 bridgehead atoms. The zero-order chi connectivity index (χ0) is 14.2. The van der Waals surface area contributed by atoms with Crippen LogP contribution in [0.2, 0.25) is 0 Å². The molecule has 1 aromatic carbocycles. The number of hydrogen-bond acceptors (Lipinski definition) is 4. The largest absolute Gasteiger partial charge is 0.454 e. The zero-order valence-electron chi connectivity index (χ0n) is 10.9. The van der Waals surface area contributed by atoms with Gasteiger partial charge in [0.05, 0.1) is 29.6 Å². The minimum absolute atomic E-state index is 0.147. The van der Waals surface area contributed by atoms with Crippen LogP contribution >= 0.6 is 0 Å². The Morgan fingerprint density at radius 2 is 1.95 bits per heavy atom. The minimum Gasteiger partial charge on any atom is -0.454 e. The van der Waals surface area contributed by atoms with Gasteiger partial charge in [-0.1, -0.05) is 5.24 Å². The number of ether oxygens (including phenoxy) is 2. The van der Waals surface area contributed by atoms with Gasteiger partial charge in [-0.2, -0.15) is 0 Å². The lowest BCUT2D eigenvalue weighted by Crippen LogP contribution is -2.54. The van der Waals surface area contributed by atoms with E-state index in [1.165, 1.54) is 4.90 Å². The van der Waals surface area contributed by atoms with Crippen molar-refractivity contribution in [1.29, 1.82) is 0 Å². The van der Waals surface area contributed by atoms with E-state index in [0.717, 1.165) is 0 Å². The second-order valence-electron chi connectivity index (χ2n) is 4.61. The molecule has 6 radical (unpaired) electrons. The van der Waals surface area contributed by atoms with E-state index in [4.69, 9.17) is 33.0 Å². The number of likely N-dealkylation sites (N-methyl/N-ethyl adjacent to an activating group) is 1. The number of rotatable bonds is 4. The van der Waals surface area contributed by atoms with E-state index in [0.29, 0.717) is 17.1 Å². The van der Waals surface area contributed by atoms with Gasteiger partial charge in [0.1, 0.15) is 0 Å². The minimum atomic E-state index is -1.55. The Balaban J connectivity index is 2.20. The molecular weight excluding hydrogens is 239 g/mol. The van der Waals surface area contributed by atoms with Crippen LogP contribution in [0.1, 0.15) is 17.3 Å². The highest BCUT2D eigenvalue weighted by Gasteiger charge is 2.27. The third-order valence-electron chi connectivity index (χ3n) is 3.23. The molecule has 0 aromatic heterocycles. The van der Waals surface area contributed by atoms with Crippen LogP contribution < -0.4 is 9.47 Å². The molecule has 19 heavy (non-hydrogen) atoms. The molecule has 0 aliphatic carbocycles. The van der Waals surface area contributed by atoms with Gasteiger partial charge in [0, 0.05) is 5.56 Å². The van der Waals surface area contributed by atoms with Gasteiger partial charge in [-0.15, -0.1) is 0 Å². The number of nitrogens with zero attached hydrogens (tertiary/aromatic N) is 1. The standard InChI is InChI=1S/C12H12B3NO3/c1-7(16(2)12(13,14)15)11(17)8-3-4-9-10(5-8)19-6-18-9/h3-5,7H,6H2,1-2H3. The summed E-state index contributed by atoms with van der Waals surface area (Å²) in [6.45, 7) is 1.86. The first-order valence-corrected chi connectivity index (χ1v) is 5.84. The van der Waals surface area contributed by atoms with Crippen molar-refractivity contribution < 1.29 is 14.3 Å². The van der Waals surface area contributed by atoms with E-state index in [1.54, 1.807) is 32.2 Å². The van der Waals surface area contributed by atoms with Crippen LogP contribution in [0.5, 0.6) is 11.5 Å². The fraction of sp³-hybridized carbons (Fsp3) is 0.417. The molecule has 7 heteroatoms. The quantitative estimate of drug-likeness (QED) is 0.559. The lowest BCUT2D eigenvalue weighted by Gasteiger charge is -2.37. The summed E-state index contributed by atoms with van der Waals surface area (Å²) in [6, 6.07) is 4.45. The van der Waals surface area contributed by atoms with Crippen LogP contribution in [0.15, 0.2) is 18.2 Å². The maximum atomic E-state index is 12.3. The second-order valence-corrected chi connectivity index (χ2v) is 4.61. The number of benzene rings is 1. The highest BCUT2D eigenvalue weighted by Crippen LogP contribution is 2.33. The maximum Gasteiger partial charge on any atom is 0.231 e. The van der Waals surface area contributed by atoms with Crippen molar-refractivity contribution in [1.82, 2.24) is 4.90 Å². The average Bonchev–Trinajstić information content (AvgIpc) is 2.82. The lowest BCUT2D eigenvalue weighted by atomic mass is 9.48.